The summed E-state index contributed by atoms with van der Waals surface area (Å²) in [4.78, 5) is 25.2. The van der Waals surface area contributed by atoms with Crippen molar-refractivity contribution in [2.75, 3.05) is 5.32 Å². The summed E-state index contributed by atoms with van der Waals surface area (Å²) < 4.78 is 7.08. The first-order chi connectivity index (χ1) is 12.0. The van der Waals surface area contributed by atoms with Gasteiger partial charge in [0.15, 0.2) is 0 Å². The van der Waals surface area contributed by atoms with Crippen molar-refractivity contribution < 1.29 is 9.21 Å². The second kappa shape index (κ2) is 6.13. The van der Waals surface area contributed by atoms with E-state index < -0.39 is 5.63 Å². The van der Waals surface area contributed by atoms with Crippen molar-refractivity contribution in [2.45, 2.75) is 6.92 Å². The molecule has 0 bridgehead atoms. The van der Waals surface area contributed by atoms with Gasteiger partial charge in [-0.25, -0.2) is 4.79 Å². The minimum Gasteiger partial charge on any atom is -0.422 e. The molecule has 4 aromatic rings. The lowest BCUT2D eigenvalue weighted by atomic mass is 10.2. The zero-order valence-corrected chi connectivity index (χ0v) is 15.5. The predicted octanol–water partition coefficient (Wildman–Crippen LogP) is 5.33. The average molecular weight is 414 g/mol. The average Bonchev–Trinajstić information content (AvgIpc) is 3.05. The van der Waals surface area contributed by atoms with Gasteiger partial charge in [0.25, 0.3) is 5.91 Å². The van der Waals surface area contributed by atoms with Gasteiger partial charge in [-0.1, -0.05) is 28.1 Å². The molecule has 0 atom stereocenters. The molecule has 1 N–H and O–H groups in total. The van der Waals surface area contributed by atoms with Gasteiger partial charge in [0.05, 0.1) is 15.0 Å². The Kier molecular flexibility index (Phi) is 3.94. The summed E-state index contributed by atoms with van der Waals surface area (Å²) in [5.74, 6) is -0.244. The fourth-order valence-corrected chi connectivity index (χ4v) is 3.99. The van der Waals surface area contributed by atoms with Gasteiger partial charge < -0.3 is 9.73 Å². The number of thiophene rings is 1. The monoisotopic (exact) mass is 413 g/mol. The van der Waals surface area contributed by atoms with Gasteiger partial charge in [0.1, 0.15) is 5.58 Å². The van der Waals surface area contributed by atoms with Crippen molar-refractivity contribution in [3.8, 4) is 0 Å². The Labute approximate surface area is 155 Å². The maximum atomic E-state index is 12.6. The molecule has 0 saturated heterocycles. The Balaban J connectivity index is 1.77. The van der Waals surface area contributed by atoms with Crippen molar-refractivity contribution in [3.05, 3.63) is 73.9 Å². The van der Waals surface area contributed by atoms with Crippen LogP contribution in [-0.2, 0) is 0 Å². The molecule has 0 aliphatic heterocycles. The normalized spacial score (nSPS) is 11.1. The quantitative estimate of drug-likeness (QED) is 0.451. The smallest absolute Gasteiger partial charge is 0.345 e. The second-order valence-corrected chi connectivity index (χ2v) is 7.56. The van der Waals surface area contributed by atoms with Crippen LogP contribution in [0.15, 0.2) is 62.2 Å². The van der Waals surface area contributed by atoms with Gasteiger partial charge in [-0.2, -0.15) is 0 Å². The highest BCUT2D eigenvalue weighted by molar-refractivity contribution is 9.10. The van der Waals surface area contributed by atoms with E-state index in [9.17, 15) is 9.59 Å². The molecule has 0 aliphatic rings. The van der Waals surface area contributed by atoms with Gasteiger partial charge in [0, 0.05) is 15.5 Å². The number of amides is 1. The van der Waals surface area contributed by atoms with Crippen LogP contribution in [0.5, 0.6) is 0 Å². The van der Waals surface area contributed by atoms with E-state index in [1.807, 2.05) is 43.3 Å². The van der Waals surface area contributed by atoms with Crippen LogP contribution in [0, 0.1) is 6.92 Å². The molecule has 1 amide bonds. The number of hydrogen-bond acceptors (Lipinski definition) is 4. The van der Waals surface area contributed by atoms with Crippen molar-refractivity contribution >= 4 is 59.9 Å². The lowest BCUT2D eigenvalue weighted by molar-refractivity contribution is 0.103. The molecule has 124 valence electrons. The molecule has 2 heterocycles. The van der Waals surface area contributed by atoms with Crippen molar-refractivity contribution in [2.24, 2.45) is 0 Å². The Morgan fingerprint density at radius 1 is 1.12 bits per heavy atom. The highest BCUT2D eigenvalue weighted by Gasteiger charge is 2.16. The number of rotatable bonds is 2. The molecule has 0 aliphatic carbocycles. The van der Waals surface area contributed by atoms with Crippen LogP contribution in [0.1, 0.15) is 15.2 Å². The molecule has 0 unspecified atom stereocenters. The van der Waals surface area contributed by atoms with Crippen molar-refractivity contribution in [1.29, 1.82) is 0 Å². The van der Waals surface area contributed by atoms with E-state index in [4.69, 9.17) is 4.42 Å². The first kappa shape index (κ1) is 16.1. The molecular formula is C19H12BrNO3S. The van der Waals surface area contributed by atoms with E-state index in [1.54, 1.807) is 12.1 Å². The number of aryl methyl sites for hydroxylation is 1. The largest absolute Gasteiger partial charge is 0.422 e. The minimum atomic E-state index is -0.427. The van der Waals surface area contributed by atoms with Crippen molar-refractivity contribution in [3.63, 3.8) is 0 Å². The second-order valence-electron chi connectivity index (χ2n) is 5.66. The van der Waals surface area contributed by atoms with Crippen LogP contribution in [-0.4, -0.2) is 5.91 Å². The third-order valence-electron chi connectivity index (χ3n) is 3.93. The van der Waals surface area contributed by atoms with E-state index in [0.717, 1.165) is 20.1 Å². The maximum absolute atomic E-state index is 12.6. The maximum Gasteiger partial charge on any atom is 0.345 e. The molecule has 0 saturated carbocycles. The third kappa shape index (κ3) is 2.88. The fraction of sp³-hybridized carbons (Fsp3) is 0.0526. The molecular weight excluding hydrogens is 402 g/mol. The lowest BCUT2D eigenvalue weighted by Crippen LogP contribution is -2.10. The molecule has 4 rings (SSSR count). The molecule has 4 nitrogen and oxygen atoms in total. The Hall–Kier alpha value is -2.44. The molecule has 0 spiro atoms. The van der Waals surface area contributed by atoms with E-state index in [-0.39, 0.29) is 5.91 Å². The lowest BCUT2D eigenvalue weighted by Gasteiger charge is -2.05. The minimum absolute atomic E-state index is 0.244. The SMILES string of the molecule is Cc1cc(NC(=O)c2cc3c(=O)oc4ccccc4c3s2)ccc1Br. The van der Waals surface area contributed by atoms with Crippen LogP contribution in [0.4, 0.5) is 5.69 Å². The van der Waals surface area contributed by atoms with E-state index >= 15 is 0 Å². The number of carbonyl (C=O) groups excluding carboxylic acids is 1. The number of anilines is 1. The third-order valence-corrected chi connectivity index (χ3v) is 5.98. The molecule has 2 aromatic carbocycles. The first-order valence-corrected chi connectivity index (χ1v) is 9.17. The van der Waals surface area contributed by atoms with Gasteiger partial charge in [-0.3, -0.25) is 4.79 Å². The summed E-state index contributed by atoms with van der Waals surface area (Å²) in [5, 5.41) is 4.14. The van der Waals surface area contributed by atoms with Crippen LogP contribution in [0.2, 0.25) is 0 Å². The summed E-state index contributed by atoms with van der Waals surface area (Å²) in [7, 11) is 0. The van der Waals surface area contributed by atoms with Crippen LogP contribution in [0.25, 0.3) is 21.1 Å². The van der Waals surface area contributed by atoms with Gasteiger partial charge in [-0.05, 0) is 48.9 Å². The molecule has 2 aromatic heterocycles. The molecule has 25 heavy (non-hydrogen) atoms. The number of halogens is 1. The van der Waals surface area contributed by atoms with Gasteiger partial charge >= 0.3 is 5.63 Å². The Morgan fingerprint density at radius 2 is 1.92 bits per heavy atom. The van der Waals surface area contributed by atoms with E-state index in [2.05, 4.69) is 21.2 Å². The number of fused-ring (bicyclic) bond motifs is 3. The zero-order chi connectivity index (χ0) is 17.6. The number of nitrogens with one attached hydrogen (secondary N) is 1. The van der Waals surface area contributed by atoms with Crippen molar-refractivity contribution in [1.82, 2.24) is 0 Å². The zero-order valence-electron chi connectivity index (χ0n) is 13.1. The van der Waals surface area contributed by atoms with E-state index in [1.165, 1.54) is 11.3 Å². The predicted molar refractivity (Wildman–Crippen MR) is 105 cm³/mol. The van der Waals surface area contributed by atoms with Crippen LogP contribution >= 0.6 is 27.3 Å². The number of hydrogen-bond donors (Lipinski definition) is 1. The summed E-state index contributed by atoms with van der Waals surface area (Å²) in [6.07, 6.45) is 0. The summed E-state index contributed by atoms with van der Waals surface area (Å²) in [6, 6.07) is 14.5. The fourth-order valence-electron chi connectivity index (χ4n) is 2.67. The van der Waals surface area contributed by atoms with E-state index in [0.29, 0.717) is 21.5 Å². The summed E-state index contributed by atoms with van der Waals surface area (Å²) in [5.41, 5.74) is 1.83. The highest BCUT2D eigenvalue weighted by Crippen LogP contribution is 2.31. The number of carbonyl (C=O) groups is 1. The number of benzene rings is 2. The summed E-state index contributed by atoms with van der Waals surface area (Å²) in [6.45, 7) is 1.95. The van der Waals surface area contributed by atoms with Gasteiger partial charge in [0.2, 0.25) is 0 Å². The highest BCUT2D eigenvalue weighted by atomic mass is 79.9. The summed E-state index contributed by atoms with van der Waals surface area (Å²) >= 11 is 4.73. The molecule has 0 radical (unpaired) electrons. The first-order valence-electron chi connectivity index (χ1n) is 7.56. The standard InChI is InChI=1S/C19H12BrNO3S/c1-10-8-11(6-7-14(10)20)21-18(22)16-9-13-17(25-16)12-4-2-3-5-15(12)24-19(13)23/h2-9H,1H3,(H,21,22). The molecule has 6 heteroatoms. The molecule has 0 fully saturated rings. The Bertz CT molecular complexity index is 1190. The van der Waals surface area contributed by atoms with Crippen LogP contribution < -0.4 is 10.9 Å². The number of para-hydroxylation sites is 1. The topological polar surface area (TPSA) is 59.3 Å². The van der Waals surface area contributed by atoms with Crippen LogP contribution in [0.3, 0.4) is 0 Å². The Morgan fingerprint density at radius 3 is 2.72 bits per heavy atom. The van der Waals surface area contributed by atoms with Gasteiger partial charge in [-0.15, -0.1) is 11.3 Å².